The van der Waals surface area contributed by atoms with Crippen LogP contribution in [0.25, 0.3) is 0 Å². The Morgan fingerprint density at radius 2 is 1.09 bits per heavy atom. The van der Waals surface area contributed by atoms with Crippen LogP contribution in [0, 0.1) is 11.8 Å². The summed E-state index contributed by atoms with van der Waals surface area (Å²) in [6.07, 6.45) is -2.00. The van der Waals surface area contributed by atoms with Gasteiger partial charge in [-0.05, 0) is 87.2 Å². The topological polar surface area (TPSA) is 143 Å². The monoisotopic (exact) mass is 632 g/mol. The molecule has 2 aliphatic rings. The first-order chi connectivity index (χ1) is 20.6. The molecule has 252 valence electrons. The van der Waals surface area contributed by atoms with Crippen LogP contribution in [-0.4, -0.2) is 99.5 Å². The molecule has 2 N–H and O–H groups in total. The predicted molar refractivity (Wildman–Crippen MR) is 168 cm³/mol. The Labute approximate surface area is 267 Å². The fourth-order valence-corrected chi connectivity index (χ4v) is 8.13. The molecule has 3 rings (SSSR count). The van der Waals surface area contributed by atoms with Gasteiger partial charge in [-0.3, -0.25) is 29.0 Å². The zero-order valence-electron chi connectivity index (χ0n) is 28.7. The first-order valence-electron chi connectivity index (χ1n) is 15.5. The molecule has 0 aliphatic carbocycles. The number of hydrogen-bond acceptors (Lipinski definition) is 9. The van der Waals surface area contributed by atoms with Crippen molar-refractivity contribution in [2.45, 2.75) is 121 Å². The van der Waals surface area contributed by atoms with Crippen molar-refractivity contribution in [2.75, 3.05) is 21.2 Å². The van der Waals surface area contributed by atoms with Gasteiger partial charge < -0.3 is 24.4 Å². The molecule has 2 saturated heterocycles. The fraction of sp³-hybridized carbons (Fsp3) is 0.706. The number of benzene rings is 1. The summed E-state index contributed by atoms with van der Waals surface area (Å²) in [5, 5.41) is 18.8. The second kappa shape index (κ2) is 12.9. The summed E-state index contributed by atoms with van der Waals surface area (Å²) in [4.78, 5) is 53.5. The number of ether oxygens (including phenoxy) is 3. The first kappa shape index (κ1) is 36.3. The third-order valence-electron chi connectivity index (χ3n) is 10.8. The molecule has 0 bridgehead atoms. The molecule has 0 amide bonds. The molecule has 1 aromatic carbocycles. The fourth-order valence-electron chi connectivity index (χ4n) is 8.13. The molecule has 4 atom stereocenters. The van der Waals surface area contributed by atoms with Gasteiger partial charge >= 0.3 is 23.9 Å². The molecule has 1 aromatic rings. The molecule has 11 nitrogen and oxygen atoms in total. The van der Waals surface area contributed by atoms with Crippen molar-refractivity contribution >= 4 is 23.9 Å². The quantitative estimate of drug-likeness (QED) is 0.277. The number of nitrogens with zero attached hydrogens (tertiary/aromatic N) is 2. The minimum atomic E-state index is -1.27. The lowest BCUT2D eigenvalue weighted by molar-refractivity contribution is -0.194. The van der Waals surface area contributed by atoms with Crippen molar-refractivity contribution in [1.82, 2.24) is 9.80 Å². The van der Waals surface area contributed by atoms with Crippen molar-refractivity contribution < 1.29 is 43.6 Å². The van der Waals surface area contributed by atoms with Crippen molar-refractivity contribution in [1.29, 1.82) is 0 Å². The van der Waals surface area contributed by atoms with E-state index in [1.54, 1.807) is 7.11 Å². The van der Waals surface area contributed by atoms with E-state index in [1.807, 2.05) is 38.4 Å². The van der Waals surface area contributed by atoms with Crippen molar-refractivity contribution in [3.05, 3.63) is 29.8 Å². The van der Waals surface area contributed by atoms with Crippen LogP contribution in [0.3, 0.4) is 0 Å². The normalized spacial score (nSPS) is 28.0. The van der Waals surface area contributed by atoms with Gasteiger partial charge in [-0.25, -0.2) is 0 Å². The molecule has 11 heteroatoms. The van der Waals surface area contributed by atoms with Gasteiger partial charge in [-0.1, -0.05) is 12.1 Å². The van der Waals surface area contributed by atoms with Crippen LogP contribution >= 0.6 is 0 Å². The molecule has 0 saturated carbocycles. The lowest BCUT2D eigenvalue weighted by Gasteiger charge is -2.64. The molecule has 2 fully saturated rings. The number of hydrogen-bond donors (Lipinski definition) is 2. The van der Waals surface area contributed by atoms with Crippen molar-refractivity contribution in [3.63, 3.8) is 0 Å². The Balaban J connectivity index is 2.34. The maximum absolute atomic E-state index is 13.0. The summed E-state index contributed by atoms with van der Waals surface area (Å²) in [7, 11) is 5.67. The van der Waals surface area contributed by atoms with Gasteiger partial charge in [0, 0.05) is 52.8 Å². The minimum absolute atomic E-state index is 0.400. The maximum Gasteiger partial charge on any atom is 0.317 e. The van der Waals surface area contributed by atoms with Crippen LogP contribution in [0.1, 0.15) is 92.6 Å². The average molecular weight is 633 g/mol. The SMILES string of the molecule is COc1ccc(C(C2C(OC(=O)CC(=O)O)CC(C)(C)N(C)C2(C)C)C2C(OC(=O)CC(=O)O)CC(C)(C)N(C)C2(C)C)cc1. The number of esters is 2. The van der Waals surface area contributed by atoms with E-state index in [0.717, 1.165) is 5.56 Å². The Morgan fingerprint density at radius 3 is 1.40 bits per heavy atom. The third kappa shape index (κ3) is 7.46. The van der Waals surface area contributed by atoms with Crippen LogP contribution in [0.2, 0.25) is 0 Å². The largest absolute Gasteiger partial charge is 0.497 e. The van der Waals surface area contributed by atoms with Crippen molar-refractivity contribution in [3.8, 4) is 5.75 Å². The van der Waals surface area contributed by atoms with E-state index in [-0.39, 0.29) is 0 Å². The molecular weight excluding hydrogens is 580 g/mol. The molecule has 0 spiro atoms. The molecule has 2 aliphatic heterocycles. The van der Waals surface area contributed by atoms with Gasteiger partial charge in [0.1, 0.15) is 30.8 Å². The molecule has 0 aromatic heterocycles. The molecule has 4 unspecified atom stereocenters. The standard InChI is InChI=1S/C34H52N2O9/c1-31(2)18-22(44-26(41)16-24(37)38)29(33(5,6)35(31)9)28(20-12-14-21(43-11)15-13-20)30-23(45-27(42)17-25(39)40)19-32(3,4)36(10)34(30,7)8/h12-15,22-23,28-30H,16-19H2,1-11H3,(H,37,38)(H,39,40). The van der Waals surface area contributed by atoms with Crippen LogP contribution in [-0.2, 0) is 28.7 Å². The third-order valence-corrected chi connectivity index (χ3v) is 10.8. The highest BCUT2D eigenvalue weighted by molar-refractivity contribution is 5.90. The number of aliphatic carboxylic acids is 2. The molecular formula is C34H52N2O9. The number of carbonyl (C=O) groups excluding carboxylic acids is 2. The van der Waals surface area contributed by atoms with Crippen molar-refractivity contribution in [2.24, 2.45) is 11.8 Å². The van der Waals surface area contributed by atoms with E-state index in [4.69, 9.17) is 14.2 Å². The van der Waals surface area contributed by atoms with Gasteiger partial charge in [-0.15, -0.1) is 0 Å². The number of likely N-dealkylation sites (tertiary alicyclic amines) is 2. The van der Waals surface area contributed by atoms with Gasteiger partial charge in [0.25, 0.3) is 0 Å². The number of carboxylic acid groups (broad SMARTS) is 2. The van der Waals surface area contributed by atoms with E-state index in [2.05, 4.69) is 65.2 Å². The van der Waals surface area contributed by atoms with Gasteiger partial charge in [-0.2, -0.15) is 0 Å². The van der Waals surface area contributed by atoms with Gasteiger partial charge in [0.2, 0.25) is 0 Å². The Kier molecular flexibility index (Phi) is 10.4. The van der Waals surface area contributed by atoms with E-state index in [9.17, 15) is 29.4 Å². The van der Waals surface area contributed by atoms with E-state index in [0.29, 0.717) is 18.6 Å². The Hall–Kier alpha value is -3.18. The molecule has 0 radical (unpaired) electrons. The summed E-state index contributed by atoms with van der Waals surface area (Å²) in [6.45, 7) is 16.7. The van der Waals surface area contributed by atoms with E-state index in [1.165, 1.54) is 0 Å². The molecule has 45 heavy (non-hydrogen) atoms. The minimum Gasteiger partial charge on any atom is -0.497 e. The average Bonchev–Trinajstić information content (AvgIpc) is 2.88. The Morgan fingerprint density at radius 1 is 0.733 bits per heavy atom. The summed E-state index contributed by atoms with van der Waals surface area (Å²) in [5.41, 5.74) is -1.14. The van der Waals surface area contributed by atoms with Crippen LogP contribution < -0.4 is 4.74 Å². The maximum atomic E-state index is 13.0. The molecule has 2 heterocycles. The highest BCUT2D eigenvalue weighted by Crippen LogP contribution is 2.57. The number of piperidine rings is 2. The summed E-state index contributed by atoms with van der Waals surface area (Å²) in [6, 6.07) is 7.68. The van der Waals surface area contributed by atoms with E-state index < -0.39 is 88.8 Å². The van der Waals surface area contributed by atoms with Crippen LogP contribution in [0.5, 0.6) is 5.75 Å². The summed E-state index contributed by atoms with van der Waals surface area (Å²) in [5.74, 6) is -4.70. The van der Waals surface area contributed by atoms with Crippen LogP contribution in [0.15, 0.2) is 24.3 Å². The summed E-state index contributed by atoms with van der Waals surface area (Å²) >= 11 is 0. The van der Waals surface area contributed by atoms with Gasteiger partial charge in [0.15, 0.2) is 0 Å². The second-order valence-electron chi connectivity index (χ2n) is 15.0. The smallest absolute Gasteiger partial charge is 0.317 e. The highest BCUT2D eigenvalue weighted by atomic mass is 16.6. The zero-order chi connectivity index (χ0) is 34.3. The highest BCUT2D eigenvalue weighted by Gasteiger charge is 2.61. The summed E-state index contributed by atoms with van der Waals surface area (Å²) < 4.78 is 17.7. The second-order valence-corrected chi connectivity index (χ2v) is 15.0. The lowest BCUT2D eigenvalue weighted by atomic mass is 9.55. The number of carbonyl (C=O) groups is 4. The first-order valence-corrected chi connectivity index (χ1v) is 15.5. The Bertz CT molecular complexity index is 1200. The number of rotatable bonds is 10. The van der Waals surface area contributed by atoms with E-state index >= 15 is 0 Å². The predicted octanol–water partition coefficient (Wildman–Crippen LogP) is 4.57. The number of methoxy groups -OCH3 is 1. The van der Waals surface area contributed by atoms with Gasteiger partial charge in [0.05, 0.1) is 7.11 Å². The zero-order valence-corrected chi connectivity index (χ0v) is 28.7. The number of carboxylic acids is 2. The van der Waals surface area contributed by atoms with Crippen LogP contribution in [0.4, 0.5) is 0 Å². The lowest BCUT2D eigenvalue weighted by Crippen LogP contribution is -2.71.